The van der Waals surface area contributed by atoms with Crippen LogP contribution in [0.25, 0.3) is 22.5 Å². The molecular weight excluding hydrogens is 424 g/mol. The zero-order valence-electron chi connectivity index (χ0n) is 17.6. The Morgan fingerprint density at radius 3 is 1.94 bits per heavy atom. The molecule has 0 bridgehead atoms. The summed E-state index contributed by atoms with van der Waals surface area (Å²) in [5, 5.41) is 6.07. The van der Waals surface area contributed by atoms with Gasteiger partial charge in [0, 0.05) is 21.8 Å². The molecule has 0 saturated heterocycles. The molecule has 2 amide bonds. The summed E-state index contributed by atoms with van der Waals surface area (Å²) in [5.74, 6) is 0.947. The first kappa shape index (κ1) is 21.3. The van der Waals surface area contributed by atoms with E-state index in [-0.39, 0.29) is 5.95 Å². The number of carbonyl (C=O) groups is 1. The van der Waals surface area contributed by atoms with Crippen molar-refractivity contribution in [2.45, 2.75) is 6.92 Å². The molecule has 0 radical (unpaired) electrons. The number of halogens is 1. The van der Waals surface area contributed by atoms with Gasteiger partial charge in [0.25, 0.3) is 0 Å². The van der Waals surface area contributed by atoms with Gasteiger partial charge in [0.2, 0.25) is 5.95 Å². The molecule has 0 atom stereocenters. The molecule has 0 spiro atoms. The standard InChI is InChI=1S/C25H21ClN4O2/c1-16-3-5-17(6-4-16)22-15-23(18-7-13-21(32-2)14-8-18)29-24(28-22)30-25(31)27-20-11-9-19(26)10-12-20/h3-15H,1-2H3,(H2,27,28,29,30,31). The average Bonchev–Trinajstić information content (AvgIpc) is 2.81. The van der Waals surface area contributed by atoms with E-state index in [4.69, 9.17) is 16.3 Å². The van der Waals surface area contributed by atoms with Crippen LogP contribution >= 0.6 is 11.6 Å². The largest absolute Gasteiger partial charge is 0.497 e. The maximum Gasteiger partial charge on any atom is 0.326 e. The topological polar surface area (TPSA) is 76.1 Å². The molecule has 0 aliphatic heterocycles. The monoisotopic (exact) mass is 444 g/mol. The van der Waals surface area contributed by atoms with E-state index >= 15 is 0 Å². The summed E-state index contributed by atoms with van der Waals surface area (Å²) in [6.45, 7) is 2.03. The van der Waals surface area contributed by atoms with Crippen LogP contribution < -0.4 is 15.4 Å². The molecule has 0 fully saturated rings. The highest BCUT2D eigenvalue weighted by molar-refractivity contribution is 6.30. The van der Waals surface area contributed by atoms with Gasteiger partial charge in [0.1, 0.15) is 5.75 Å². The zero-order chi connectivity index (χ0) is 22.5. The third-order valence-corrected chi connectivity index (χ3v) is 5.04. The molecule has 2 N–H and O–H groups in total. The molecule has 3 aromatic carbocycles. The molecule has 160 valence electrons. The van der Waals surface area contributed by atoms with Crippen LogP contribution in [0.1, 0.15) is 5.56 Å². The fourth-order valence-electron chi connectivity index (χ4n) is 3.08. The van der Waals surface area contributed by atoms with Crippen LogP contribution in [0.5, 0.6) is 5.75 Å². The molecule has 6 nitrogen and oxygen atoms in total. The fraction of sp³-hybridized carbons (Fsp3) is 0.0800. The highest BCUT2D eigenvalue weighted by Gasteiger charge is 2.12. The number of amides is 2. The zero-order valence-corrected chi connectivity index (χ0v) is 18.4. The minimum absolute atomic E-state index is 0.195. The molecule has 0 aliphatic rings. The third-order valence-electron chi connectivity index (χ3n) is 4.79. The van der Waals surface area contributed by atoms with Crippen molar-refractivity contribution >= 4 is 29.3 Å². The number of methoxy groups -OCH3 is 1. The Labute approximate surface area is 191 Å². The lowest BCUT2D eigenvalue weighted by Crippen LogP contribution is -2.21. The van der Waals surface area contributed by atoms with E-state index in [0.717, 1.165) is 22.4 Å². The van der Waals surface area contributed by atoms with E-state index in [1.165, 1.54) is 0 Å². The van der Waals surface area contributed by atoms with Crippen LogP contribution in [0.3, 0.4) is 0 Å². The number of urea groups is 1. The van der Waals surface area contributed by atoms with E-state index in [1.54, 1.807) is 31.4 Å². The number of nitrogens with one attached hydrogen (secondary N) is 2. The fourth-order valence-corrected chi connectivity index (χ4v) is 3.21. The number of nitrogens with zero attached hydrogens (tertiary/aromatic N) is 2. The second-order valence-electron chi connectivity index (χ2n) is 7.14. The third kappa shape index (κ3) is 5.22. The Morgan fingerprint density at radius 2 is 1.38 bits per heavy atom. The van der Waals surface area contributed by atoms with Gasteiger partial charge >= 0.3 is 6.03 Å². The van der Waals surface area contributed by atoms with Crippen LogP contribution in [0, 0.1) is 6.92 Å². The number of ether oxygens (including phenoxy) is 1. The number of anilines is 2. The van der Waals surface area contributed by atoms with Crippen molar-refractivity contribution in [2.75, 3.05) is 17.7 Å². The number of aryl methyl sites for hydroxylation is 1. The summed E-state index contributed by atoms with van der Waals surface area (Å²) in [6.07, 6.45) is 0. The van der Waals surface area contributed by atoms with Crippen molar-refractivity contribution in [2.24, 2.45) is 0 Å². The highest BCUT2D eigenvalue weighted by atomic mass is 35.5. The van der Waals surface area contributed by atoms with Crippen molar-refractivity contribution in [3.63, 3.8) is 0 Å². The first-order valence-corrected chi connectivity index (χ1v) is 10.3. The van der Waals surface area contributed by atoms with E-state index in [1.807, 2.05) is 61.5 Å². The Hall–Kier alpha value is -3.90. The number of aromatic nitrogens is 2. The van der Waals surface area contributed by atoms with Crippen LogP contribution in [0.2, 0.25) is 5.02 Å². The lowest BCUT2D eigenvalue weighted by molar-refractivity contribution is 0.262. The van der Waals surface area contributed by atoms with Gasteiger partial charge in [0.15, 0.2) is 0 Å². The van der Waals surface area contributed by atoms with Crippen LogP contribution in [0.15, 0.2) is 78.9 Å². The summed E-state index contributed by atoms with van der Waals surface area (Å²) in [6, 6.07) is 23.9. The van der Waals surface area contributed by atoms with Crippen LogP contribution in [-0.4, -0.2) is 23.1 Å². The van der Waals surface area contributed by atoms with E-state index in [2.05, 4.69) is 20.6 Å². The van der Waals surface area contributed by atoms with Gasteiger partial charge in [-0.3, -0.25) is 5.32 Å². The molecule has 4 rings (SSSR count). The summed E-state index contributed by atoms with van der Waals surface area (Å²) in [7, 11) is 1.62. The SMILES string of the molecule is COc1ccc(-c2cc(-c3ccc(C)cc3)nc(NC(=O)Nc3ccc(Cl)cc3)n2)cc1. The van der Waals surface area contributed by atoms with E-state index in [9.17, 15) is 4.79 Å². The summed E-state index contributed by atoms with van der Waals surface area (Å²) >= 11 is 5.90. The maximum atomic E-state index is 12.5. The molecule has 0 aliphatic carbocycles. The summed E-state index contributed by atoms with van der Waals surface area (Å²) < 4.78 is 5.24. The predicted molar refractivity (Wildman–Crippen MR) is 128 cm³/mol. The van der Waals surface area contributed by atoms with Crippen molar-refractivity contribution in [1.29, 1.82) is 0 Å². The normalized spacial score (nSPS) is 10.5. The van der Waals surface area contributed by atoms with E-state index < -0.39 is 6.03 Å². The molecular formula is C25H21ClN4O2. The maximum absolute atomic E-state index is 12.5. The number of carbonyl (C=O) groups excluding carboxylic acids is 1. The number of hydrogen-bond donors (Lipinski definition) is 2. The van der Waals surface area contributed by atoms with Gasteiger partial charge in [0.05, 0.1) is 18.5 Å². The van der Waals surface area contributed by atoms with Crippen molar-refractivity contribution in [1.82, 2.24) is 9.97 Å². The number of benzene rings is 3. The molecule has 4 aromatic rings. The second-order valence-corrected chi connectivity index (χ2v) is 7.58. The average molecular weight is 445 g/mol. The van der Waals surface area contributed by atoms with Crippen LogP contribution in [0.4, 0.5) is 16.4 Å². The van der Waals surface area contributed by atoms with Crippen molar-refractivity contribution < 1.29 is 9.53 Å². The van der Waals surface area contributed by atoms with Gasteiger partial charge < -0.3 is 10.1 Å². The number of hydrogen-bond acceptors (Lipinski definition) is 4. The minimum Gasteiger partial charge on any atom is -0.497 e. The van der Waals surface area contributed by atoms with Crippen LogP contribution in [-0.2, 0) is 0 Å². The van der Waals surface area contributed by atoms with Gasteiger partial charge in [-0.05, 0) is 61.5 Å². The predicted octanol–water partition coefficient (Wildman–Crippen LogP) is 6.43. The Balaban J connectivity index is 1.66. The Morgan fingerprint density at radius 1 is 0.812 bits per heavy atom. The summed E-state index contributed by atoms with van der Waals surface area (Å²) in [5.41, 5.74) is 4.94. The summed E-state index contributed by atoms with van der Waals surface area (Å²) in [4.78, 5) is 21.7. The molecule has 0 saturated carbocycles. The van der Waals surface area contributed by atoms with Gasteiger partial charge in [-0.15, -0.1) is 0 Å². The van der Waals surface area contributed by atoms with Crippen molar-refractivity contribution in [3.8, 4) is 28.3 Å². The Bertz CT molecular complexity index is 1220. The second kappa shape index (κ2) is 9.49. The molecule has 32 heavy (non-hydrogen) atoms. The highest BCUT2D eigenvalue weighted by Crippen LogP contribution is 2.27. The first-order chi connectivity index (χ1) is 15.5. The van der Waals surface area contributed by atoms with Gasteiger partial charge in [-0.2, -0.15) is 0 Å². The molecule has 1 aromatic heterocycles. The van der Waals surface area contributed by atoms with E-state index in [0.29, 0.717) is 22.1 Å². The smallest absolute Gasteiger partial charge is 0.326 e. The van der Waals surface area contributed by atoms with Gasteiger partial charge in [-0.1, -0.05) is 41.4 Å². The minimum atomic E-state index is -0.450. The van der Waals surface area contributed by atoms with Crippen molar-refractivity contribution in [3.05, 3.63) is 89.4 Å². The number of rotatable bonds is 5. The Kier molecular flexibility index (Phi) is 6.33. The first-order valence-electron chi connectivity index (χ1n) is 9.94. The van der Waals surface area contributed by atoms with Gasteiger partial charge in [-0.25, -0.2) is 14.8 Å². The lowest BCUT2D eigenvalue weighted by Gasteiger charge is -2.11. The quantitative estimate of drug-likeness (QED) is 0.372. The lowest BCUT2D eigenvalue weighted by atomic mass is 10.1. The molecule has 0 unspecified atom stereocenters. The molecule has 1 heterocycles. The molecule has 7 heteroatoms.